The van der Waals surface area contributed by atoms with E-state index in [9.17, 15) is 18.4 Å². The second kappa shape index (κ2) is 4.90. The van der Waals surface area contributed by atoms with Gasteiger partial charge in [0.2, 0.25) is 5.91 Å². The van der Waals surface area contributed by atoms with Crippen molar-refractivity contribution in [1.29, 1.82) is 0 Å². The van der Waals surface area contributed by atoms with Crippen molar-refractivity contribution in [3.05, 3.63) is 35.9 Å². The summed E-state index contributed by atoms with van der Waals surface area (Å²) in [5.74, 6) is -7.06. The van der Waals surface area contributed by atoms with E-state index >= 15 is 0 Å². The van der Waals surface area contributed by atoms with E-state index in [2.05, 4.69) is 0 Å². The number of carboxylic acids is 1. The van der Waals surface area contributed by atoms with Crippen molar-refractivity contribution >= 4 is 11.9 Å². The zero-order valence-corrected chi connectivity index (χ0v) is 8.98. The molecule has 1 unspecified atom stereocenters. The molecule has 0 aromatic heterocycles. The van der Waals surface area contributed by atoms with E-state index in [0.29, 0.717) is 0 Å². The molecule has 1 aromatic rings. The molecule has 6 heteroatoms. The van der Waals surface area contributed by atoms with Gasteiger partial charge in [0.05, 0.1) is 0 Å². The highest BCUT2D eigenvalue weighted by molar-refractivity contribution is 5.79. The molecule has 0 aliphatic heterocycles. The third-order valence-electron chi connectivity index (χ3n) is 2.13. The predicted molar refractivity (Wildman–Crippen MR) is 55.6 cm³/mol. The van der Waals surface area contributed by atoms with Crippen LogP contribution >= 0.6 is 0 Å². The van der Waals surface area contributed by atoms with Gasteiger partial charge in [0.15, 0.2) is 0 Å². The highest BCUT2D eigenvalue weighted by Gasteiger charge is 2.48. The first kappa shape index (κ1) is 13.1. The molecule has 0 fully saturated rings. The van der Waals surface area contributed by atoms with E-state index in [1.807, 2.05) is 5.32 Å². The van der Waals surface area contributed by atoms with Crippen LogP contribution in [0, 0.1) is 0 Å². The lowest BCUT2D eigenvalue weighted by molar-refractivity contribution is -0.170. The molecule has 2 N–H and O–H groups in total. The Kier molecular flexibility index (Phi) is 3.77. The van der Waals surface area contributed by atoms with E-state index in [1.54, 1.807) is 6.07 Å². The summed E-state index contributed by atoms with van der Waals surface area (Å²) in [7, 11) is 0. The van der Waals surface area contributed by atoms with Gasteiger partial charge in [0, 0.05) is 6.92 Å². The lowest BCUT2D eigenvalue weighted by Gasteiger charge is -2.24. The molecule has 1 amide bonds. The molecule has 4 nitrogen and oxygen atoms in total. The molecular formula is C11H11F2NO3. The van der Waals surface area contributed by atoms with Crippen molar-refractivity contribution < 1.29 is 23.5 Å². The van der Waals surface area contributed by atoms with Gasteiger partial charge < -0.3 is 10.4 Å². The fourth-order valence-corrected chi connectivity index (χ4v) is 1.36. The molecule has 0 aliphatic carbocycles. The maximum absolute atomic E-state index is 13.4. The highest BCUT2D eigenvalue weighted by Crippen LogP contribution is 2.31. The maximum Gasteiger partial charge on any atom is 0.377 e. The summed E-state index contributed by atoms with van der Waals surface area (Å²) >= 11 is 0. The molecule has 0 aliphatic rings. The molecule has 0 spiro atoms. The number of amides is 1. The number of carbonyl (C=O) groups excluding carboxylic acids is 1. The number of carbonyl (C=O) groups is 2. The number of aliphatic carboxylic acids is 1. The number of hydrogen-bond acceptors (Lipinski definition) is 2. The van der Waals surface area contributed by atoms with Gasteiger partial charge in [-0.25, -0.2) is 4.79 Å². The molecule has 0 heterocycles. The van der Waals surface area contributed by atoms with Crippen molar-refractivity contribution in [3.8, 4) is 0 Å². The van der Waals surface area contributed by atoms with Crippen molar-refractivity contribution in [2.75, 3.05) is 0 Å². The molecule has 1 aromatic carbocycles. The second-order valence-electron chi connectivity index (χ2n) is 3.47. The smallest absolute Gasteiger partial charge is 0.377 e. The van der Waals surface area contributed by atoms with Crippen LogP contribution in [0.3, 0.4) is 0 Å². The molecule has 17 heavy (non-hydrogen) atoms. The van der Waals surface area contributed by atoms with Crippen LogP contribution in [0.15, 0.2) is 30.3 Å². The van der Waals surface area contributed by atoms with Crippen molar-refractivity contribution in [2.45, 2.75) is 18.9 Å². The van der Waals surface area contributed by atoms with Crippen molar-refractivity contribution in [3.63, 3.8) is 0 Å². The Hall–Kier alpha value is -1.98. The monoisotopic (exact) mass is 243 g/mol. The number of alkyl halides is 2. The molecular weight excluding hydrogens is 232 g/mol. The number of halogens is 2. The van der Waals surface area contributed by atoms with Gasteiger partial charge >= 0.3 is 11.9 Å². The summed E-state index contributed by atoms with van der Waals surface area (Å²) in [6, 6.07) is 5.37. The van der Waals surface area contributed by atoms with Crippen LogP contribution < -0.4 is 5.32 Å². The largest absolute Gasteiger partial charge is 0.477 e. The highest BCUT2D eigenvalue weighted by atomic mass is 19.3. The number of nitrogens with one attached hydrogen (secondary N) is 1. The van der Waals surface area contributed by atoms with Gasteiger partial charge in [-0.1, -0.05) is 30.3 Å². The summed E-state index contributed by atoms with van der Waals surface area (Å²) in [6.07, 6.45) is 0. The van der Waals surface area contributed by atoms with Gasteiger partial charge in [0.1, 0.15) is 6.04 Å². The minimum Gasteiger partial charge on any atom is -0.477 e. The average molecular weight is 243 g/mol. The molecule has 0 saturated heterocycles. The van der Waals surface area contributed by atoms with Crippen molar-refractivity contribution in [2.24, 2.45) is 0 Å². The van der Waals surface area contributed by atoms with Gasteiger partial charge in [0.25, 0.3) is 0 Å². The number of carboxylic acid groups (broad SMARTS) is 1. The average Bonchev–Trinajstić information content (AvgIpc) is 2.26. The lowest BCUT2D eigenvalue weighted by atomic mass is 10.0. The Morgan fingerprint density at radius 2 is 1.82 bits per heavy atom. The van der Waals surface area contributed by atoms with Gasteiger partial charge in [-0.15, -0.1) is 0 Å². The third-order valence-corrected chi connectivity index (χ3v) is 2.13. The number of benzene rings is 1. The Balaban J connectivity index is 3.13. The zero-order chi connectivity index (χ0) is 13.1. The first-order chi connectivity index (χ1) is 7.85. The van der Waals surface area contributed by atoms with Crippen LogP contribution in [-0.4, -0.2) is 22.9 Å². The van der Waals surface area contributed by atoms with E-state index in [1.165, 1.54) is 24.3 Å². The summed E-state index contributed by atoms with van der Waals surface area (Å²) in [5, 5.41) is 10.4. The Morgan fingerprint density at radius 1 is 1.29 bits per heavy atom. The zero-order valence-electron chi connectivity index (χ0n) is 8.98. The second-order valence-corrected chi connectivity index (χ2v) is 3.47. The molecule has 1 rings (SSSR count). The number of rotatable bonds is 4. The fraction of sp³-hybridized carbons (Fsp3) is 0.273. The third kappa shape index (κ3) is 2.99. The summed E-state index contributed by atoms with van der Waals surface area (Å²) < 4.78 is 26.9. The van der Waals surface area contributed by atoms with Crippen LogP contribution in [0.2, 0.25) is 0 Å². The van der Waals surface area contributed by atoms with Crippen LogP contribution in [0.4, 0.5) is 8.78 Å². The van der Waals surface area contributed by atoms with Gasteiger partial charge in [-0.3, -0.25) is 4.79 Å². The van der Waals surface area contributed by atoms with Crippen LogP contribution in [0.1, 0.15) is 18.5 Å². The summed E-state index contributed by atoms with van der Waals surface area (Å²) in [4.78, 5) is 21.4. The van der Waals surface area contributed by atoms with E-state index in [-0.39, 0.29) is 5.56 Å². The molecule has 0 bridgehead atoms. The van der Waals surface area contributed by atoms with Gasteiger partial charge in [-0.2, -0.15) is 8.78 Å². The van der Waals surface area contributed by atoms with Crippen molar-refractivity contribution in [1.82, 2.24) is 5.32 Å². The quantitative estimate of drug-likeness (QED) is 0.843. The topological polar surface area (TPSA) is 66.4 Å². The Labute approximate surface area is 96.3 Å². The summed E-state index contributed by atoms with van der Waals surface area (Å²) in [6.45, 7) is 1.05. The first-order valence-electron chi connectivity index (χ1n) is 4.79. The van der Waals surface area contributed by atoms with E-state index < -0.39 is 23.8 Å². The number of hydrogen-bond donors (Lipinski definition) is 2. The normalized spacial score (nSPS) is 12.9. The Bertz CT molecular complexity index is 420. The van der Waals surface area contributed by atoms with Crippen LogP contribution in [0.5, 0.6) is 0 Å². The predicted octanol–water partition coefficient (Wildman–Crippen LogP) is 1.58. The molecule has 0 radical (unpaired) electrons. The lowest BCUT2D eigenvalue weighted by Crippen LogP contribution is -2.44. The Morgan fingerprint density at radius 3 is 2.24 bits per heavy atom. The van der Waals surface area contributed by atoms with Gasteiger partial charge in [-0.05, 0) is 5.56 Å². The van der Waals surface area contributed by atoms with Crippen LogP contribution in [0.25, 0.3) is 0 Å². The summed E-state index contributed by atoms with van der Waals surface area (Å²) in [5.41, 5.74) is 0.0371. The first-order valence-corrected chi connectivity index (χ1v) is 4.79. The minimum absolute atomic E-state index is 0.0371. The fourth-order valence-electron chi connectivity index (χ4n) is 1.36. The minimum atomic E-state index is -4.06. The van der Waals surface area contributed by atoms with E-state index in [0.717, 1.165) is 6.92 Å². The standard InChI is InChI=1S/C11H11F2NO3/c1-7(15)14-9(11(12,13)10(16)17)8-5-3-2-4-6-8/h2-6,9H,1H3,(H,14,15)(H,16,17). The maximum atomic E-state index is 13.4. The van der Waals surface area contributed by atoms with Crippen LogP contribution in [-0.2, 0) is 9.59 Å². The molecule has 0 saturated carbocycles. The molecule has 1 atom stereocenters. The SMILES string of the molecule is CC(=O)NC(c1ccccc1)C(F)(F)C(=O)O. The van der Waals surface area contributed by atoms with E-state index in [4.69, 9.17) is 5.11 Å². The molecule has 92 valence electrons.